The van der Waals surface area contributed by atoms with Gasteiger partial charge >= 0.3 is 0 Å². The smallest absolute Gasteiger partial charge is 0.0499 e. The van der Waals surface area contributed by atoms with E-state index < -0.39 is 0 Å². The van der Waals surface area contributed by atoms with Crippen molar-refractivity contribution in [1.29, 1.82) is 0 Å². The number of hydrogen-bond donors (Lipinski definition) is 2. The fourth-order valence-electron chi connectivity index (χ4n) is 3.12. The fourth-order valence-corrected chi connectivity index (χ4v) is 3.12. The Labute approximate surface area is 99.1 Å². The molecule has 0 aromatic carbocycles. The molecule has 0 aromatic heterocycles. The molecule has 16 heavy (non-hydrogen) atoms. The van der Waals surface area contributed by atoms with Gasteiger partial charge in [0, 0.05) is 18.1 Å². The molecule has 2 rings (SSSR count). The van der Waals surface area contributed by atoms with Crippen LogP contribution in [0.4, 0.5) is 0 Å². The number of allylic oxidation sites excluding steroid dienone is 2. The summed E-state index contributed by atoms with van der Waals surface area (Å²) in [6.45, 7) is 3.68. The average molecular weight is 223 g/mol. The molecule has 0 saturated heterocycles. The van der Waals surface area contributed by atoms with Crippen molar-refractivity contribution in [1.82, 2.24) is 5.32 Å². The number of nitrogens with one attached hydrogen (secondary N) is 1. The minimum atomic E-state index is 0.129. The number of hydrogen-bond acceptors (Lipinski definition) is 2. The monoisotopic (exact) mass is 223 g/mol. The Morgan fingerprint density at radius 3 is 2.94 bits per heavy atom. The van der Waals surface area contributed by atoms with Crippen molar-refractivity contribution in [2.45, 2.75) is 51.5 Å². The third-order valence-electron chi connectivity index (χ3n) is 4.47. The number of aliphatic hydroxyl groups excluding tert-OH is 1. The van der Waals surface area contributed by atoms with E-state index in [1.165, 1.54) is 38.5 Å². The summed E-state index contributed by atoms with van der Waals surface area (Å²) in [5.74, 6) is 0.813. The number of rotatable bonds is 4. The number of aliphatic hydroxyl groups is 1. The van der Waals surface area contributed by atoms with Crippen molar-refractivity contribution in [3.63, 3.8) is 0 Å². The molecular formula is C14H25NO. The van der Waals surface area contributed by atoms with Crippen molar-refractivity contribution < 1.29 is 5.11 Å². The van der Waals surface area contributed by atoms with E-state index in [1.54, 1.807) is 0 Å². The minimum absolute atomic E-state index is 0.129. The van der Waals surface area contributed by atoms with Crippen LogP contribution in [0.15, 0.2) is 12.2 Å². The van der Waals surface area contributed by atoms with E-state index in [1.807, 2.05) is 0 Å². The van der Waals surface area contributed by atoms with Gasteiger partial charge in [-0.25, -0.2) is 0 Å². The third-order valence-corrected chi connectivity index (χ3v) is 4.47. The molecule has 2 N–H and O–H groups in total. The summed E-state index contributed by atoms with van der Waals surface area (Å²) in [4.78, 5) is 0. The average Bonchev–Trinajstić information content (AvgIpc) is 2.70. The van der Waals surface area contributed by atoms with Crippen LogP contribution in [-0.2, 0) is 0 Å². The van der Waals surface area contributed by atoms with Gasteiger partial charge in [-0.05, 0) is 44.6 Å². The van der Waals surface area contributed by atoms with Crippen LogP contribution in [0, 0.1) is 11.3 Å². The molecule has 1 fully saturated rings. The Morgan fingerprint density at radius 2 is 2.25 bits per heavy atom. The van der Waals surface area contributed by atoms with Gasteiger partial charge < -0.3 is 10.4 Å². The summed E-state index contributed by atoms with van der Waals surface area (Å²) in [5, 5.41) is 13.2. The van der Waals surface area contributed by atoms with Gasteiger partial charge in [-0.15, -0.1) is 0 Å². The highest BCUT2D eigenvalue weighted by molar-refractivity contribution is 4.95. The summed E-state index contributed by atoms with van der Waals surface area (Å²) >= 11 is 0. The van der Waals surface area contributed by atoms with E-state index in [4.69, 9.17) is 0 Å². The van der Waals surface area contributed by atoms with Gasteiger partial charge in [0.15, 0.2) is 0 Å². The first-order valence-electron chi connectivity index (χ1n) is 6.74. The Kier molecular flexibility index (Phi) is 4.04. The van der Waals surface area contributed by atoms with Crippen LogP contribution in [0.5, 0.6) is 0 Å². The maximum Gasteiger partial charge on any atom is 0.0499 e. The van der Waals surface area contributed by atoms with Crippen molar-refractivity contribution in [2.75, 3.05) is 13.2 Å². The highest BCUT2D eigenvalue weighted by Gasteiger charge is 2.37. The normalized spacial score (nSPS) is 39.1. The molecule has 2 aliphatic rings. The molecule has 0 radical (unpaired) electrons. The molecule has 1 saturated carbocycles. The zero-order chi connectivity index (χ0) is 11.4. The van der Waals surface area contributed by atoms with Gasteiger partial charge in [0.2, 0.25) is 0 Å². The summed E-state index contributed by atoms with van der Waals surface area (Å²) in [7, 11) is 0. The summed E-state index contributed by atoms with van der Waals surface area (Å²) in [6, 6.07) is 0.531. The molecule has 0 spiro atoms. The van der Waals surface area contributed by atoms with E-state index in [0.29, 0.717) is 12.6 Å². The molecule has 0 unspecified atom stereocenters. The molecule has 0 amide bonds. The van der Waals surface area contributed by atoms with Crippen LogP contribution in [-0.4, -0.2) is 24.3 Å². The Morgan fingerprint density at radius 1 is 1.38 bits per heavy atom. The van der Waals surface area contributed by atoms with Gasteiger partial charge in [0.05, 0.1) is 0 Å². The molecule has 3 atom stereocenters. The maximum absolute atomic E-state index is 9.48. The van der Waals surface area contributed by atoms with E-state index in [2.05, 4.69) is 24.4 Å². The Bertz CT molecular complexity index is 251. The van der Waals surface area contributed by atoms with E-state index in [0.717, 1.165) is 12.5 Å². The largest absolute Gasteiger partial charge is 0.396 e. The predicted molar refractivity (Wildman–Crippen MR) is 67.3 cm³/mol. The van der Waals surface area contributed by atoms with Crippen LogP contribution >= 0.6 is 0 Å². The van der Waals surface area contributed by atoms with Crippen LogP contribution < -0.4 is 5.32 Å². The second kappa shape index (κ2) is 5.33. The first-order chi connectivity index (χ1) is 7.74. The Hall–Kier alpha value is -0.340. The second-order valence-corrected chi connectivity index (χ2v) is 5.82. The predicted octanol–water partition coefficient (Wildman–Crippen LogP) is 2.48. The fraction of sp³-hybridized carbons (Fsp3) is 0.857. The standard InChI is InChI=1S/C14H25NO/c1-14(11-16)9-5-8-13(14)15-10-12-6-3-2-4-7-12/h2-3,12-13,15-16H,4-11H2,1H3/t12-,13-,14-/m1/s1. The first kappa shape index (κ1) is 12.1. The van der Waals surface area contributed by atoms with Gasteiger partial charge in [-0.1, -0.05) is 25.5 Å². The lowest BCUT2D eigenvalue weighted by Gasteiger charge is -2.32. The van der Waals surface area contributed by atoms with Crippen LogP contribution in [0.2, 0.25) is 0 Å². The first-order valence-corrected chi connectivity index (χ1v) is 6.74. The summed E-state index contributed by atoms with van der Waals surface area (Å²) in [6.07, 6.45) is 12.1. The molecule has 0 heterocycles. The molecule has 0 bridgehead atoms. The minimum Gasteiger partial charge on any atom is -0.396 e. The molecule has 2 heteroatoms. The zero-order valence-corrected chi connectivity index (χ0v) is 10.4. The molecular weight excluding hydrogens is 198 g/mol. The highest BCUT2D eigenvalue weighted by Crippen LogP contribution is 2.37. The van der Waals surface area contributed by atoms with Crippen LogP contribution in [0.25, 0.3) is 0 Å². The maximum atomic E-state index is 9.48. The van der Waals surface area contributed by atoms with Crippen LogP contribution in [0.1, 0.15) is 45.4 Å². The van der Waals surface area contributed by atoms with Crippen molar-refractivity contribution in [2.24, 2.45) is 11.3 Å². The molecule has 92 valence electrons. The summed E-state index contributed by atoms with van der Waals surface area (Å²) in [5.41, 5.74) is 0.129. The second-order valence-electron chi connectivity index (χ2n) is 5.82. The lowest BCUT2D eigenvalue weighted by Crippen LogP contribution is -2.43. The molecule has 0 aliphatic heterocycles. The molecule has 0 aromatic rings. The van der Waals surface area contributed by atoms with Crippen molar-refractivity contribution in [3.8, 4) is 0 Å². The topological polar surface area (TPSA) is 32.3 Å². The third kappa shape index (κ3) is 2.67. The lowest BCUT2D eigenvalue weighted by molar-refractivity contribution is 0.116. The Balaban J connectivity index is 1.78. The van der Waals surface area contributed by atoms with E-state index in [9.17, 15) is 5.11 Å². The van der Waals surface area contributed by atoms with Crippen LogP contribution in [0.3, 0.4) is 0 Å². The van der Waals surface area contributed by atoms with Gasteiger partial charge in [0.25, 0.3) is 0 Å². The lowest BCUT2D eigenvalue weighted by atomic mass is 9.85. The van der Waals surface area contributed by atoms with Gasteiger partial charge in [0.1, 0.15) is 0 Å². The van der Waals surface area contributed by atoms with Crippen molar-refractivity contribution >= 4 is 0 Å². The van der Waals surface area contributed by atoms with Gasteiger partial charge in [-0.2, -0.15) is 0 Å². The SMILES string of the molecule is C[C@]1(CO)CCC[C@H]1NC[C@@H]1CC=CCC1. The quantitative estimate of drug-likeness (QED) is 0.718. The zero-order valence-electron chi connectivity index (χ0n) is 10.4. The molecule has 2 aliphatic carbocycles. The van der Waals surface area contributed by atoms with Crippen molar-refractivity contribution in [3.05, 3.63) is 12.2 Å². The molecule has 2 nitrogen and oxygen atoms in total. The van der Waals surface area contributed by atoms with E-state index >= 15 is 0 Å². The summed E-state index contributed by atoms with van der Waals surface area (Å²) < 4.78 is 0. The highest BCUT2D eigenvalue weighted by atomic mass is 16.3. The van der Waals surface area contributed by atoms with E-state index in [-0.39, 0.29) is 5.41 Å². The van der Waals surface area contributed by atoms with Gasteiger partial charge in [-0.3, -0.25) is 0 Å².